The van der Waals surface area contributed by atoms with Gasteiger partial charge in [-0.15, -0.1) is 0 Å². The summed E-state index contributed by atoms with van der Waals surface area (Å²) < 4.78 is 5.35. The quantitative estimate of drug-likeness (QED) is 0.584. The van der Waals surface area contributed by atoms with Crippen LogP contribution in [0.2, 0.25) is 0 Å². The van der Waals surface area contributed by atoms with Crippen molar-refractivity contribution in [2.45, 2.75) is 38.8 Å². The maximum absolute atomic E-state index is 11.8. The number of aliphatic hydroxyl groups is 1. The SMILES string of the molecule is CC(C)CCOCCNC(=O)N1CC(O)CC1C(=O)O. The van der Waals surface area contributed by atoms with Gasteiger partial charge in [0.15, 0.2) is 0 Å². The summed E-state index contributed by atoms with van der Waals surface area (Å²) >= 11 is 0. The lowest BCUT2D eigenvalue weighted by molar-refractivity contribution is -0.141. The minimum Gasteiger partial charge on any atom is -0.480 e. The second-order valence-corrected chi connectivity index (χ2v) is 5.42. The molecule has 1 aliphatic rings. The number of hydrogen-bond donors (Lipinski definition) is 3. The van der Waals surface area contributed by atoms with Gasteiger partial charge in [0.05, 0.1) is 12.7 Å². The highest BCUT2D eigenvalue weighted by Gasteiger charge is 2.38. The molecule has 0 radical (unpaired) electrons. The molecule has 116 valence electrons. The molecule has 3 N–H and O–H groups in total. The zero-order valence-electron chi connectivity index (χ0n) is 12.0. The number of β-amino-alcohol motifs (C(OH)–C–C–N with tert-alkyl or cyclic N) is 1. The fourth-order valence-electron chi connectivity index (χ4n) is 2.03. The summed E-state index contributed by atoms with van der Waals surface area (Å²) in [6.45, 7) is 5.64. The van der Waals surface area contributed by atoms with Crippen LogP contribution in [0.5, 0.6) is 0 Å². The van der Waals surface area contributed by atoms with Gasteiger partial charge in [-0.1, -0.05) is 13.8 Å². The summed E-state index contributed by atoms with van der Waals surface area (Å²) in [5.41, 5.74) is 0. The van der Waals surface area contributed by atoms with Crippen LogP contribution in [0.25, 0.3) is 0 Å². The average molecular weight is 288 g/mol. The van der Waals surface area contributed by atoms with E-state index in [1.165, 1.54) is 0 Å². The van der Waals surface area contributed by atoms with Crippen LogP contribution in [0.3, 0.4) is 0 Å². The Bertz CT molecular complexity index is 335. The van der Waals surface area contributed by atoms with Crippen LogP contribution in [0.4, 0.5) is 4.79 Å². The number of carboxylic acids is 1. The van der Waals surface area contributed by atoms with Crippen molar-refractivity contribution in [2.24, 2.45) is 5.92 Å². The molecular formula is C13H24N2O5. The minimum absolute atomic E-state index is 0.0526. The topological polar surface area (TPSA) is 99.1 Å². The number of aliphatic carboxylic acids is 1. The third-order valence-corrected chi connectivity index (χ3v) is 3.19. The Morgan fingerprint density at radius 3 is 2.70 bits per heavy atom. The standard InChI is InChI=1S/C13H24N2O5/c1-9(2)3-5-20-6-4-14-13(19)15-8-10(16)7-11(15)12(17)18/h9-11,16H,3-8H2,1-2H3,(H,14,19)(H,17,18). The van der Waals surface area contributed by atoms with E-state index in [9.17, 15) is 14.7 Å². The molecule has 1 rings (SSSR count). The third kappa shape index (κ3) is 5.34. The monoisotopic (exact) mass is 288 g/mol. The number of urea groups is 1. The van der Waals surface area contributed by atoms with Crippen LogP contribution in [-0.4, -0.2) is 65.6 Å². The van der Waals surface area contributed by atoms with Crippen LogP contribution in [0.1, 0.15) is 26.7 Å². The van der Waals surface area contributed by atoms with Gasteiger partial charge < -0.3 is 25.2 Å². The van der Waals surface area contributed by atoms with E-state index >= 15 is 0 Å². The van der Waals surface area contributed by atoms with Gasteiger partial charge in [-0.05, 0) is 12.3 Å². The zero-order valence-corrected chi connectivity index (χ0v) is 12.0. The average Bonchev–Trinajstić information content (AvgIpc) is 2.75. The first-order valence-corrected chi connectivity index (χ1v) is 6.95. The van der Waals surface area contributed by atoms with Crippen LogP contribution in [0, 0.1) is 5.92 Å². The second kappa shape index (κ2) is 8.06. The van der Waals surface area contributed by atoms with Gasteiger partial charge >= 0.3 is 12.0 Å². The van der Waals surface area contributed by atoms with Crippen molar-refractivity contribution in [1.82, 2.24) is 10.2 Å². The van der Waals surface area contributed by atoms with Crippen LogP contribution in [0.15, 0.2) is 0 Å². The van der Waals surface area contributed by atoms with Crippen molar-refractivity contribution in [3.05, 3.63) is 0 Å². The number of carboxylic acid groups (broad SMARTS) is 1. The number of nitrogens with one attached hydrogen (secondary N) is 1. The molecule has 2 atom stereocenters. The molecule has 0 aromatic heterocycles. The van der Waals surface area contributed by atoms with Crippen LogP contribution in [-0.2, 0) is 9.53 Å². The van der Waals surface area contributed by atoms with E-state index in [1.54, 1.807) is 0 Å². The Hall–Kier alpha value is -1.34. The number of nitrogens with zero attached hydrogens (tertiary/aromatic N) is 1. The molecular weight excluding hydrogens is 264 g/mol. The first-order valence-electron chi connectivity index (χ1n) is 6.95. The molecule has 0 bridgehead atoms. The lowest BCUT2D eigenvalue weighted by atomic mass is 10.1. The van der Waals surface area contributed by atoms with E-state index in [0.29, 0.717) is 25.7 Å². The maximum Gasteiger partial charge on any atom is 0.326 e. The van der Waals surface area contributed by atoms with E-state index in [1.807, 2.05) is 0 Å². The summed E-state index contributed by atoms with van der Waals surface area (Å²) in [6.07, 6.45) is 0.269. The highest BCUT2D eigenvalue weighted by atomic mass is 16.5. The molecule has 0 aliphatic carbocycles. The molecule has 2 unspecified atom stereocenters. The predicted octanol–water partition coefficient (Wildman–Crippen LogP) is 0.279. The van der Waals surface area contributed by atoms with Crippen molar-refractivity contribution >= 4 is 12.0 Å². The molecule has 20 heavy (non-hydrogen) atoms. The number of likely N-dealkylation sites (tertiary alicyclic amines) is 1. The van der Waals surface area contributed by atoms with Gasteiger partial charge in [-0.3, -0.25) is 0 Å². The van der Waals surface area contributed by atoms with Gasteiger partial charge in [-0.2, -0.15) is 0 Å². The lowest BCUT2D eigenvalue weighted by Crippen LogP contribution is -2.46. The molecule has 7 nitrogen and oxygen atoms in total. The first-order chi connectivity index (χ1) is 9.41. The Morgan fingerprint density at radius 1 is 1.40 bits per heavy atom. The second-order valence-electron chi connectivity index (χ2n) is 5.42. The normalized spacial score (nSPS) is 22.3. The predicted molar refractivity (Wildman–Crippen MR) is 72.4 cm³/mol. The summed E-state index contributed by atoms with van der Waals surface area (Å²) in [7, 11) is 0. The highest BCUT2D eigenvalue weighted by molar-refractivity contribution is 5.83. The minimum atomic E-state index is -1.09. The first kappa shape index (κ1) is 16.7. The number of carbonyl (C=O) groups excluding carboxylic acids is 1. The van der Waals surface area contributed by atoms with Gasteiger partial charge in [0.2, 0.25) is 0 Å². The van der Waals surface area contributed by atoms with E-state index in [0.717, 1.165) is 11.3 Å². The van der Waals surface area contributed by atoms with Crippen molar-refractivity contribution < 1.29 is 24.5 Å². The molecule has 2 amide bonds. The molecule has 7 heteroatoms. The van der Waals surface area contributed by atoms with Crippen molar-refractivity contribution in [1.29, 1.82) is 0 Å². The maximum atomic E-state index is 11.8. The summed E-state index contributed by atoms with van der Waals surface area (Å²) in [6, 6.07) is -1.42. The summed E-state index contributed by atoms with van der Waals surface area (Å²) in [5, 5.41) is 21.0. The summed E-state index contributed by atoms with van der Waals surface area (Å²) in [5.74, 6) is -0.517. The van der Waals surface area contributed by atoms with E-state index in [4.69, 9.17) is 9.84 Å². The smallest absolute Gasteiger partial charge is 0.326 e. The molecule has 0 aromatic rings. The summed E-state index contributed by atoms with van der Waals surface area (Å²) in [4.78, 5) is 24.0. The van der Waals surface area contributed by atoms with E-state index < -0.39 is 24.1 Å². The van der Waals surface area contributed by atoms with Gasteiger partial charge in [0.25, 0.3) is 0 Å². The van der Waals surface area contributed by atoms with Crippen LogP contribution < -0.4 is 5.32 Å². The zero-order chi connectivity index (χ0) is 15.1. The molecule has 1 saturated heterocycles. The number of carbonyl (C=O) groups is 2. The molecule has 1 aliphatic heterocycles. The molecule has 0 saturated carbocycles. The van der Waals surface area contributed by atoms with Crippen molar-refractivity contribution in [3.8, 4) is 0 Å². The number of aliphatic hydroxyl groups excluding tert-OH is 1. The Balaban J connectivity index is 2.23. The van der Waals surface area contributed by atoms with E-state index in [-0.39, 0.29) is 13.0 Å². The molecule has 0 aromatic carbocycles. The van der Waals surface area contributed by atoms with E-state index in [2.05, 4.69) is 19.2 Å². The van der Waals surface area contributed by atoms with Gasteiger partial charge in [0.1, 0.15) is 6.04 Å². The van der Waals surface area contributed by atoms with Crippen LogP contribution >= 0.6 is 0 Å². The number of rotatable bonds is 7. The Kier molecular flexibility index (Phi) is 6.74. The fourth-order valence-corrected chi connectivity index (χ4v) is 2.03. The van der Waals surface area contributed by atoms with Gasteiger partial charge in [0, 0.05) is 26.1 Å². The highest BCUT2D eigenvalue weighted by Crippen LogP contribution is 2.17. The van der Waals surface area contributed by atoms with Crippen molar-refractivity contribution in [3.63, 3.8) is 0 Å². The van der Waals surface area contributed by atoms with Crippen molar-refractivity contribution in [2.75, 3.05) is 26.3 Å². The number of amides is 2. The Labute approximate surface area is 118 Å². The third-order valence-electron chi connectivity index (χ3n) is 3.19. The van der Waals surface area contributed by atoms with Gasteiger partial charge in [-0.25, -0.2) is 9.59 Å². The fraction of sp³-hybridized carbons (Fsp3) is 0.846. The molecule has 0 spiro atoms. The largest absolute Gasteiger partial charge is 0.480 e. The number of ether oxygens (including phenoxy) is 1. The Morgan fingerprint density at radius 2 is 2.10 bits per heavy atom. The molecule has 1 fully saturated rings. The lowest BCUT2D eigenvalue weighted by Gasteiger charge is -2.21. The number of hydrogen-bond acceptors (Lipinski definition) is 4. The molecule has 1 heterocycles.